The van der Waals surface area contributed by atoms with Gasteiger partial charge >= 0.3 is 0 Å². The zero-order valence-corrected chi connectivity index (χ0v) is 14.6. The fourth-order valence-corrected chi connectivity index (χ4v) is 2.93. The molecule has 8 heteroatoms. The van der Waals surface area contributed by atoms with E-state index in [9.17, 15) is 0 Å². The Bertz CT molecular complexity index is 969. The van der Waals surface area contributed by atoms with Gasteiger partial charge in [-0.3, -0.25) is 0 Å². The quantitative estimate of drug-likeness (QED) is 0.531. The summed E-state index contributed by atoms with van der Waals surface area (Å²) in [5.74, 6) is 2.88. The highest BCUT2D eigenvalue weighted by atomic mass is 16.3. The second-order valence-corrected chi connectivity index (χ2v) is 5.95. The number of aromatic nitrogens is 7. The maximum atomic E-state index is 5.33. The second-order valence-electron chi connectivity index (χ2n) is 5.95. The van der Waals surface area contributed by atoms with E-state index in [2.05, 4.69) is 43.4 Å². The van der Waals surface area contributed by atoms with Gasteiger partial charge in [-0.1, -0.05) is 6.92 Å². The molecule has 4 aromatic heterocycles. The Morgan fingerprint density at radius 3 is 2.73 bits per heavy atom. The van der Waals surface area contributed by atoms with Crippen LogP contribution < -0.4 is 0 Å². The van der Waals surface area contributed by atoms with Crippen LogP contribution in [0.5, 0.6) is 0 Å². The zero-order chi connectivity index (χ0) is 17.9. The minimum absolute atomic E-state index is 0.00806. The zero-order valence-electron chi connectivity index (χ0n) is 14.6. The van der Waals surface area contributed by atoms with E-state index >= 15 is 0 Å². The Balaban J connectivity index is 1.65. The molecule has 0 bridgehead atoms. The van der Waals surface area contributed by atoms with Crippen molar-refractivity contribution in [2.24, 2.45) is 0 Å². The van der Waals surface area contributed by atoms with E-state index in [0.717, 1.165) is 30.2 Å². The summed E-state index contributed by atoms with van der Waals surface area (Å²) in [7, 11) is 0. The van der Waals surface area contributed by atoms with Gasteiger partial charge in [0.15, 0.2) is 11.6 Å². The molecule has 0 N–H and O–H groups in total. The van der Waals surface area contributed by atoms with E-state index < -0.39 is 0 Å². The van der Waals surface area contributed by atoms with Gasteiger partial charge in [-0.15, -0.1) is 0 Å². The first kappa shape index (κ1) is 16.2. The number of hydrogen-bond donors (Lipinski definition) is 0. The van der Waals surface area contributed by atoms with Crippen LogP contribution in [0.15, 0.2) is 53.9 Å². The van der Waals surface area contributed by atoms with E-state index in [1.54, 1.807) is 31.2 Å². The molecule has 0 aromatic carbocycles. The molecular weight excluding hydrogens is 330 g/mol. The first-order chi connectivity index (χ1) is 12.8. The van der Waals surface area contributed by atoms with Crippen LogP contribution in [0.4, 0.5) is 0 Å². The third-order valence-electron chi connectivity index (χ3n) is 4.19. The van der Waals surface area contributed by atoms with Gasteiger partial charge in [-0.25, -0.2) is 24.6 Å². The highest BCUT2D eigenvalue weighted by Gasteiger charge is 2.19. The molecule has 0 fully saturated rings. The molecule has 4 heterocycles. The fourth-order valence-electron chi connectivity index (χ4n) is 2.93. The normalized spacial score (nSPS) is 12.4. The molecule has 0 saturated heterocycles. The number of hydrogen-bond acceptors (Lipinski definition) is 6. The number of nitrogens with zero attached hydrogens (tertiary/aromatic N) is 7. The van der Waals surface area contributed by atoms with E-state index in [-0.39, 0.29) is 6.04 Å². The molecule has 0 spiro atoms. The lowest BCUT2D eigenvalue weighted by Gasteiger charge is -2.16. The Morgan fingerprint density at radius 1 is 1.15 bits per heavy atom. The van der Waals surface area contributed by atoms with Gasteiger partial charge in [0.05, 0.1) is 17.9 Å². The highest BCUT2D eigenvalue weighted by Crippen LogP contribution is 2.25. The maximum Gasteiger partial charge on any atom is 0.195 e. The van der Waals surface area contributed by atoms with Crippen molar-refractivity contribution in [1.82, 2.24) is 34.3 Å². The van der Waals surface area contributed by atoms with Crippen LogP contribution >= 0.6 is 0 Å². The van der Waals surface area contributed by atoms with Crippen LogP contribution in [0.3, 0.4) is 0 Å². The summed E-state index contributed by atoms with van der Waals surface area (Å²) in [6.07, 6.45) is 11.4. The minimum atomic E-state index is -0.00806. The summed E-state index contributed by atoms with van der Waals surface area (Å²) in [6, 6.07) is 3.64. The lowest BCUT2D eigenvalue weighted by Crippen LogP contribution is -2.15. The average molecular weight is 349 g/mol. The van der Waals surface area contributed by atoms with Crippen LogP contribution in [-0.2, 0) is 6.54 Å². The lowest BCUT2D eigenvalue weighted by molar-refractivity contribution is 0.508. The molecule has 1 atom stereocenters. The summed E-state index contributed by atoms with van der Waals surface area (Å²) < 4.78 is 9.33. The van der Waals surface area contributed by atoms with E-state index in [1.807, 2.05) is 23.0 Å². The first-order valence-electron chi connectivity index (χ1n) is 8.54. The van der Waals surface area contributed by atoms with Crippen molar-refractivity contribution in [2.75, 3.05) is 0 Å². The number of imidazole rings is 1. The Labute approximate surface area is 150 Å². The van der Waals surface area contributed by atoms with Crippen LogP contribution in [0.25, 0.3) is 23.0 Å². The van der Waals surface area contributed by atoms with Crippen LogP contribution in [-0.4, -0.2) is 34.3 Å². The van der Waals surface area contributed by atoms with Crippen molar-refractivity contribution >= 4 is 0 Å². The van der Waals surface area contributed by atoms with Gasteiger partial charge in [-0.2, -0.15) is 5.10 Å². The smallest absolute Gasteiger partial charge is 0.195 e. The average Bonchev–Trinajstić information content (AvgIpc) is 3.42. The predicted octanol–water partition coefficient (Wildman–Crippen LogP) is 3.21. The summed E-state index contributed by atoms with van der Waals surface area (Å²) >= 11 is 0. The molecule has 26 heavy (non-hydrogen) atoms. The van der Waals surface area contributed by atoms with E-state index in [4.69, 9.17) is 4.42 Å². The molecule has 0 radical (unpaired) electrons. The van der Waals surface area contributed by atoms with Crippen molar-refractivity contribution in [3.63, 3.8) is 0 Å². The van der Waals surface area contributed by atoms with Gasteiger partial charge in [0, 0.05) is 31.3 Å². The fraction of sp³-hybridized carbons (Fsp3) is 0.278. The van der Waals surface area contributed by atoms with Gasteiger partial charge in [0.1, 0.15) is 18.0 Å². The summed E-state index contributed by atoms with van der Waals surface area (Å²) in [5, 5.41) is 4.32. The van der Waals surface area contributed by atoms with Crippen molar-refractivity contribution in [3.05, 3.63) is 55.3 Å². The number of rotatable bonds is 6. The molecule has 4 rings (SSSR count). The van der Waals surface area contributed by atoms with Crippen molar-refractivity contribution in [3.8, 4) is 23.0 Å². The monoisotopic (exact) mass is 349 g/mol. The largest absolute Gasteiger partial charge is 0.461 e. The van der Waals surface area contributed by atoms with Crippen molar-refractivity contribution in [2.45, 2.75) is 32.9 Å². The second kappa shape index (κ2) is 6.91. The Hall–Kier alpha value is -3.29. The van der Waals surface area contributed by atoms with E-state index in [1.165, 1.54) is 0 Å². The molecular formula is C18H19N7O. The van der Waals surface area contributed by atoms with Crippen molar-refractivity contribution < 1.29 is 4.42 Å². The first-order valence-corrected chi connectivity index (χ1v) is 8.54. The molecule has 8 nitrogen and oxygen atoms in total. The SMILES string of the molecule is CCCn1ncnc1C(C)n1ccnc1-c1cnc(-c2ccco2)nc1. The third kappa shape index (κ3) is 2.90. The predicted molar refractivity (Wildman–Crippen MR) is 95.1 cm³/mol. The molecule has 132 valence electrons. The number of furan rings is 1. The molecule has 0 saturated carbocycles. The summed E-state index contributed by atoms with van der Waals surface area (Å²) in [5.41, 5.74) is 0.832. The molecule has 4 aromatic rings. The Morgan fingerprint density at radius 2 is 2.00 bits per heavy atom. The summed E-state index contributed by atoms with van der Waals surface area (Å²) in [4.78, 5) is 17.7. The van der Waals surface area contributed by atoms with Gasteiger partial charge in [0.25, 0.3) is 0 Å². The molecule has 0 amide bonds. The highest BCUT2D eigenvalue weighted by molar-refractivity contribution is 5.56. The minimum Gasteiger partial charge on any atom is -0.461 e. The standard InChI is InChI=1S/C18H19N7O/c1-3-7-25-17(22-12-23-25)13(2)24-8-6-19-18(24)14-10-20-16(21-11-14)15-5-4-9-26-15/h4-6,8-13H,3,7H2,1-2H3. The van der Waals surface area contributed by atoms with Crippen LogP contribution in [0.2, 0.25) is 0 Å². The molecule has 0 aliphatic rings. The van der Waals surface area contributed by atoms with Gasteiger partial charge in [-0.05, 0) is 25.5 Å². The topological polar surface area (TPSA) is 87.5 Å². The maximum absolute atomic E-state index is 5.33. The van der Waals surface area contributed by atoms with E-state index in [0.29, 0.717) is 11.6 Å². The molecule has 0 aliphatic carbocycles. The van der Waals surface area contributed by atoms with Crippen molar-refractivity contribution in [1.29, 1.82) is 0 Å². The number of aryl methyl sites for hydroxylation is 1. The summed E-state index contributed by atoms with van der Waals surface area (Å²) in [6.45, 7) is 5.04. The third-order valence-corrected chi connectivity index (χ3v) is 4.19. The van der Waals surface area contributed by atoms with Gasteiger partial charge < -0.3 is 8.98 Å². The van der Waals surface area contributed by atoms with Crippen LogP contribution in [0.1, 0.15) is 32.1 Å². The lowest BCUT2D eigenvalue weighted by atomic mass is 10.2. The Kier molecular flexibility index (Phi) is 4.30. The molecule has 1 unspecified atom stereocenters. The van der Waals surface area contributed by atoms with Crippen LogP contribution in [0, 0.1) is 0 Å². The van der Waals surface area contributed by atoms with Gasteiger partial charge in [0.2, 0.25) is 0 Å². The molecule has 0 aliphatic heterocycles.